The van der Waals surface area contributed by atoms with E-state index in [9.17, 15) is 26.4 Å². The van der Waals surface area contributed by atoms with Crippen molar-refractivity contribution in [3.8, 4) is 22.8 Å². The molecule has 0 atom stereocenters. The second-order valence-corrected chi connectivity index (χ2v) is 7.53. The Bertz CT molecular complexity index is 984. The van der Waals surface area contributed by atoms with Crippen LogP contribution in [0.2, 0.25) is 0 Å². The molecule has 1 N–H and O–H groups in total. The number of H-pyrrole nitrogens is 1. The van der Waals surface area contributed by atoms with E-state index in [-0.39, 0.29) is 35.0 Å². The number of nitrogens with zero attached hydrogens (tertiary/aromatic N) is 1. The van der Waals surface area contributed by atoms with Crippen molar-refractivity contribution in [2.45, 2.75) is 25.8 Å². The Morgan fingerprint density at radius 2 is 1.96 bits per heavy atom. The van der Waals surface area contributed by atoms with Gasteiger partial charge in [0, 0.05) is 24.0 Å². The van der Waals surface area contributed by atoms with Gasteiger partial charge in [-0.15, -0.1) is 0 Å². The summed E-state index contributed by atoms with van der Waals surface area (Å²) in [6.45, 7) is 3.57. The second-order valence-electron chi connectivity index (χ2n) is 5.99. The van der Waals surface area contributed by atoms with Gasteiger partial charge in [-0.25, -0.2) is 0 Å². The highest BCUT2D eigenvalue weighted by Crippen LogP contribution is 2.36. The van der Waals surface area contributed by atoms with E-state index in [1.165, 1.54) is 25.6 Å². The first-order chi connectivity index (χ1) is 12.5. The minimum absolute atomic E-state index is 0.0133. The minimum Gasteiger partial charge on any atom is -0.491 e. The molecule has 7 nitrogen and oxygen atoms in total. The summed E-state index contributed by atoms with van der Waals surface area (Å²) in [5, 5.41) is 0. The lowest BCUT2D eigenvalue weighted by atomic mass is 10.0. The number of methoxy groups -OCH3 is 1. The first-order valence-electron chi connectivity index (χ1n) is 7.72. The zero-order valence-electron chi connectivity index (χ0n) is 14.6. The number of rotatable bonds is 6. The Hall–Kier alpha value is -2.56. The van der Waals surface area contributed by atoms with Crippen LogP contribution in [0.25, 0.3) is 11.3 Å². The molecule has 0 fully saturated rings. The first kappa shape index (κ1) is 20.7. The summed E-state index contributed by atoms with van der Waals surface area (Å²) in [6.07, 6.45) is 2.67. The third-order valence-corrected chi connectivity index (χ3v) is 4.40. The van der Waals surface area contributed by atoms with Crippen LogP contribution >= 0.6 is 0 Å². The van der Waals surface area contributed by atoms with E-state index in [0.717, 1.165) is 6.07 Å². The number of aromatic amines is 1. The summed E-state index contributed by atoms with van der Waals surface area (Å²) in [4.78, 5) is 18.6. The predicted octanol–water partition coefficient (Wildman–Crippen LogP) is 2.87. The van der Waals surface area contributed by atoms with Gasteiger partial charge in [-0.2, -0.15) is 21.6 Å². The number of nitrogens with one attached hydrogen (secondary N) is 1. The lowest BCUT2D eigenvalue weighted by molar-refractivity contribution is -0.0500. The number of hydrogen-bond acceptors (Lipinski definition) is 6. The average Bonchev–Trinajstić information content (AvgIpc) is 2.54. The molecule has 0 unspecified atom stereocenters. The summed E-state index contributed by atoms with van der Waals surface area (Å²) < 4.78 is 70.7. The summed E-state index contributed by atoms with van der Waals surface area (Å²) >= 11 is 0. The number of pyridine rings is 2. The van der Waals surface area contributed by atoms with Crippen molar-refractivity contribution in [1.82, 2.24) is 9.97 Å². The number of aromatic nitrogens is 2. The van der Waals surface area contributed by atoms with Crippen molar-refractivity contribution in [3.05, 3.63) is 40.4 Å². The van der Waals surface area contributed by atoms with Crippen LogP contribution in [-0.2, 0) is 16.5 Å². The van der Waals surface area contributed by atoms with Crippen LogP contribution in [-0.4, -0.2) is 31.0 Å². The van der Waals surface area contributed by atoms with Crippen molar-refractivity contribution in [3.63, 3.8) is 0 Å². The van der Waals surface area contributed by atoms with Gasteiger partial charge in [0.05, 0.1) is 18.5 Å². The first-order valence-corrected chi connectivity index (χ1v) is 9.12. The Morgan fingerprint density at radius 3 is 2.48 bits per heavy atom. The van der Waals surface area contributed by atoms with Gasteiger partial charge in [-0.05, 0) is 18.4 Å². The molecule has 0 aliphatic heterocycles. The molecule has 148 valence electrons. The number of alkyl halides is 3. The largest absolute Gasteiger partial charge is 0.534 e. The summed E-state index contributed by atoms with van der Waals surface area (Å²) in [5.74, 6) is -0.636. The smallest absolute Gasteiger partial charge is 0.491 e. The molecule has 2 aromatic rings. The van der Waals surface area contributed by atoms with Gasteiger partial charge < -0.3 is 13.9 Å². The van der Waals surface area contributed by atoms with Gasteiger partial charge in [0.25, 0.3) is 0 Å². The van der Waals surface area contributed by atoms with Crippen molar-refractivity contribution in [2.24, 2.45) is 5.92 Å². The molecule has 0 saturated heterocycles. The fourth-order valence-corrected chi connectivity index (χ4v) is 2.76. The molecule has 2 aromatic heterocycles. The van der Waals surface area contributed by atoms with E-state index in [1.807, 2.05) is 0 Å². The molecule has 0 bridgehead atoms. The zero-order chi connectivity index (χ0) is 20.4. The molecule has 11 heteroatoms. The van der Waals surface area contributed by atoms with Crippen LogP contribution in [0.15, 0.2) is 29.3 Å². The van der Waals surface area contributed by atoms with Gasteiger partial charge in [0.2, 0.25) is 5.43 Å². The quantitative estimate of drug-likeness (QED) is 0.585. The molecule has 2 rings (SSSR count). The predicted molar refractivity (Wildman–Crippen MR) is 91.0 cm³/mol. The van der Waals surface area contributed by atoms with E-state index in [2.05, 4.69) is 14.2 Å². The monoisotopic (exact) mass is 406 g/mol. The fourth-order valence-electron chi connectivity index (χ4n) is 2.26. The third kappa shape index (κ3) is 4.59. The molecule has 0 aromatic carbocycles. The Balaban J connectivity index is 2.68. The maximum absolute atomic E-state index is 12.8. The zero-order valence-corrected chi connectivity index (χ0v) is 15.4. The molecule has 0 aliphatic carbocycles. The normalized spacial score (nSPS) is 12.3. The maximum atomic E-state index is 12.8. The molecule has 2 heterocycles. The maximum Gasteiger partial charge on any atom is 0.534 e. The van der Waals surface area contributed by atoms with Crippen molar-refractivity contribution in [1.29, 1.82) is 0 Å². The van der Waals surface area contributed by atoms with E-state index in [0.29, 0.717) is 0 Å². The molecular weight excluding hydrogens is 389 g/mol. The van der Waals surface area contributed by atoms with Crippen LogP contribution in [0.3, 0.4) is 0 Å². The molecule has 27 heavy (non-hydrogen) atoms. The third-order valence-electron chi connectivity index (χ3n) is 3.44. The average molecular weight is 406 g/mol. The highest BCUT2D eigenvalue weighted by Gasteiger charge is 2.49. The highest BCUT2D eigenvalue weighted by atomic mass is 32.2. The van der Waals surface area contributed by atoms with Crippen LogP contribution in [0.5, 0.6) is 11.5 Å². The van der Waals surface area contributed by atoms with Gasteiger partial charge in [-0.1, -0.05) is 13.8 Å². The van der Waals surface area contributed by atoms with E-state index < -0.39 is 26.8 Å². The van der Waals surface area contributed by atoms with Crippen LogP contribution in [0.4, 0.5) is 13.2 Å². The molecule has 0 spiro atoms. The molecule has 0 radical (unpaired) electrons. The molecule has 0 amide bonds. The summed E-state index contributed by atoms with van der Waals surface area (Å²) in [5.41, 5.74) is -6.12. The molecule has 0 aliphatic rings. The Morgan fingerprint density at radius 1 is 1.30 bits per heavy atom. The highest BCUT2D eigenvalue weighted by molar-refractivity contribution is 7.88. The lowest BCUT2D eigenvalue weighted by Gasteiger charge is -2.17. The van der Waals surface area contributed by atoms with Gasteiger partial charge >= 0.3 is 15.6 Å². The van der Waals surface area contributed by atoms with Crippen LogP contribution in [0, 0.1) is 5.92 Å². The Labute approximate surface area is 153 Å². The van der Waals surface area contributed by atoms with Crippen molar-refractivity contribution in [2.75, 3.05) is 7.11 Å². The van der Waals surface area contributed by atoms with Crippen molar-refractivity contribution >= 4 is 10.1 Å². The lowest BCUT2D eigenvalue weighted by Crippen LogP contribution is -2.29. The van der Waals surface area contributed by atoms with Gasteiger partial charge in [-0.3, -0.25) is 9.78 Å². The molecular formula is C16H17F3N2O5S. The van der Waals surface area contributed by atoms with Crippen molar-refractivity contribution < 1.29 is 30.5 Å². The Kier molecular flexibility index (Phi) is 5.83. The van der Waals surface area contributed by atoms with E-state index in [1.54, 1.807) is 13.8 Å². The molecule has 0 saturated carbocycles. The SMILES string of the molecule is COc1c[nH]c(-c2ccnc(CC(C)C)c2OS(=O)(=O)C(F)(F)F)cc1=O. The number of ether oxygens (including phenoxy) is 1. The number of hydrogen-bond donors (Lipinski definition) is 1. The summed E-state index contributed by atoms with van der Waals surface area (Å²) in [6, 6.07) is 2.32. The van der Waals surface area contributed by atoms with Gasteiger partial charge in [0.15, 0.2) is 11.5 Å². The number of halogens is 3. The fraction of sp³-hybridized carbons (Fsp3) is 0.375. The van der Waals surface area contributed by atoms with Crippen LogP contribution in [0.1, 0.15) is 19.5 Å². The van der Waals surface area contributed by atoms with E-state index >= 15 is 0 Å². The standard InChI is InChI=1S/C16H17F3N2O5S/c1-9(2)6-12-15(26-27(23,24)16(17,18)19)10(4-5-20-12)11-7-13(22)14(25-3)8-21-11/h4-5,7-9H,6H2,1-3H3,(H,21,22). The second kappa shape index (κ2) is 7.59. The van der Waals surface area contributed by atoms with Gasteiger partial charge in [0.1, 0.15) is 0 Å². The minimum atomic E-state index is -5.92. The van der Waals surface area contributed by atoms with E-state index in [4.69, 9.17) is 4.74 Å². The topological polar surface area (TPSA) is 98.3 Å². The summed E-state index contributed by atoms with van der Waals surface area (Å²) in [7, 11) is -4.64. The van der Waals surface area contributed by atoms with Crippen LogP contribution < -0.4 is 14.3 Å².